The Morgan fingerprint density at radius 3 is 2.91 bits per heavy atom. The molecule has 0 aliphatic carbocycles. The van der Waals surface area contributed by atoms with Crippen LogP contribution in [0, 0.1) is 0 Å². The summed E-state index contributed by atoms with van der Waals surface area (Å²) in [4.78, 5) is 36.8. The molecule has 0 aliphatic heterocycles. The molecule has 2 aromatic heterocycles. The molecule has 1 aromatic carbocycles. The van der Waals surface area contributed by atoms with Crippen molar-refractivity contribution in [2.45, 2.75) is 0 Å². The second-order valence-corrected chi connectivity index (χ2v) is 4.25. The van der Waals surface area contributed by atoms with Gasteiger partial charge in [0.25, 0.3) is 5.91 Å². The number of rotatable bonds is 3. The lowest BCUT2D eigenvalue weighted by Gasteiger charge is -2.01. The summed E-state index contributed by atoms with van der Waals surface area (Å²) in [5, 5.41) is 6.02. The standard InChI is InChI=1S/C13H9N3O6/c1-20-12(18)10-5-8(16-22-10)11(17)14-6-2-3-7-9(4-6)21-13(19)15-7/h2-5H,1H3,(H,14,17)(H,15,19). The van der Waals surface area contributed by atoms with Crippen LogP contribution in [0.1, 0.15) is 21.0 Å². The number of nitrogens with zero attached hydrogens (tertiary/aromatic N) is 1. The van der Waals surface area contributed by atoms with Gasteiger partial charge in [-0.2, -0.15) is 0 Å². The number of ether oxygens (including phenoxy) is 1. The Balaban J connectivity index is 1.81. The van der Waals surface area contributed by atoms with E-state index in [2.05, 4.69) is 20.2 Å². The summed E-state index contributed by atoms with van der Waals surface area (Å²) in [6, 6.07) is 5.80. The molecule has 2 N–H and O–H groups in total. The van der Waals surface area contributed by atoms with E-state index in [0.29, 0.717) is 16.8 Å². The fourth-order valence-corrected chi connectivity index (χ4v) is 1.80. The van der Waals surface area contributed by atoms with Crippen LogP contribution in [-0.4, -0.2) is 29.1 Å². The molecule has 9 nitrogen and oxygen atoms in total. The summed E-state index contributed by atoms with van der Waals surface area (Å²) in [5.74, 6) is -2.09. The maximum Gasteiger partial charge on any atom is 0.417 e. The Kier molecular flexibility index (Phi) is 3.22. The highest BCUT2D eigenvalue weighted by molar-refractivity contribution is 6.04. The second kappa shape index (κ2) is 5.20. The van der Waals surface area contributed by atoms with Crippen molar-refractivity contribution < 1.29 is 23.3 Å². The lowest BCUT2D eigenvalue weighted by molar-refractivity contribution is 0.0554. The summed E-state index contributed by atoms with van der Waals surface area (Å²) < 4.78 is 14.0. The number of fused-ring (bicyclic) bond motifs is 1. The van der Waals surface area contributed by atoms with Gasteiger partial charge in [0.2, 0.25) is 5.76 Å². The molecule has 0 bridgehead atoms. The van der Waals surface area contributed by atoms with E-state index in [-0.39, 0.29) is 11.5 Å². The molecule has 0 atom stereocenters. The van der Waals surface area contributed by atoms with Crippen molar-refractivity contribution in [1.82, 2.24) is 10.1 Å². The van der Waals surface area contributed by atoms with E-state index < -0.39 is 17.6 Å². The van der Waals surface area contributed by atoms with Gasteiger partial charge in [0.05, 0.1) is 12.6 Å². The van der Waals surface area contributed by atoms with Gasteiger partial charge in [0.15, 0.2) is 11.3 Å². The number of hydrogen-bond acceptors (Lipinski definition) is 7. The van der Waals surface area contributed by atoms with Gasteiger partial charge in [-0.15, -0.1) is 0 Å². The molecule has 1 amide bonds. The first-order chi connectivity index (χ1) is 10.6. The minimum absolute atomic E-state index is 0.0870. The molecule has 0 spiro atoms. The number of carbonyl (C=O) groups excluding carboxylic acids is 2. The van der Waals surface area contributed by atoms with Gasteiger partial charge in [-0.25, -0.2) is 9.59 Å². The largest absolute Gasteiger partial charge is 0.463 e. The number of aromatic nitrogens is 2. The lowest BCUT2D eigenvalue weighted by Crippen LogP contribution is -2.12. The minimum Gasteiger partial charge on any atom is -0.463 e. The average Bonchev–Trinajstić information content (AvgIpc) is 3.11. The highest BCUT2D eigenvalue weighted by Gasteiger charge is 2.18. The van der Waals surface area contributed by atoms with Crippen molar-refractivity contribution in [3.63, 3.8) is 0 Å². The van der Waals surface area contributed by atoms with E-state index in [9.17, 15) is 14.4 Å². The summed E-state index contributed by atoms with van der Waals surface area (Å²) in [5.41, 5.74) is 1.12. The van der Waals surface area contributed by atoms with Gasteiger partial charge >= 0.3 is 11.7 Å². The van der Waals surface area contributed by atoms with Crippen LogP contribution in [0.4, 0.5) is 5.69 Å². The Hall–Kier alpha value is -3.36. The SMILES string of the molecule is COC(=O)c1cc(C(=O)Nc2ccc3[nH]c(=O)oc3c2)no1. The fourth-order valence-electron chi connectivity index (χ4n) is 1.80. The van der Waals surface area contributed by atoms with Gasteiger partial charge in [-0.3, -0.25) is 9.78 Å². The highest BCUT2D eigenvalue weighted by Crippen LogP contribution is 2.17. The Bertz CT molecular complexity index is 919. The van der Waals surface area contributed by atoms with Crippen LogP contribution in [0.5, 0.6) is 0 Å². The Morgan fingerprint density at radius 1 is 1.32 bits per heavy atom. The molecule has 0 unspecified atom stereocenters. The number of H-pyrrole nitrogens is 1. The van der Waals surface area contributed by atoms with Gasteiger partial charge < -0.3 is 19.0 Å². The van der Waals surface area contributed by atoms with Crippen LogP contribution in [0.15, 0.2) is 38.0 Å². The van der Waals surface area contributed by atoms with Crippen molar-refractivity contribution in [3.05, 3.63) is 46.3 Å². The number of esters is 1. The highest BCUT2D eigenvalue weighted by atomic mass is 16.5. The maximum absolute atomic E-state index is 12.0. The zero-order chi connectivity index (χ0) is 15.7. The summed E-state index contributed by atoms with van der Waals surface area (Å²) in [6.45, 7) is 0. The molecule has 3 rings (SSSR count). The van der Waals surface area contributed by atoms with Crippen molar-refractivity contribution >= 4 is 28.7 Å². The third-order valence-corrected chi connectivity index (χ3v) is 2.81. The topological polar surface area (TPSA) is 127 Å². The van der Waals surface area contributed by atoms with E-state index >= 15 is 0 Å². The maximum atomic E-state index is 12.0. The third kappa shape index (κ3) is 2.46. The number of carbonyl (C=O) groups is 2. The van der Waals surface area contributed by atoms with Crippen LogP contribution in [0.3, 0.4) is 0 Å². The smallest absolute Gasteiger partial charge is 0.417 e. The zero-order valence-electron chi connectivity index (χ0n) is 11.2. The molecule has 0 radical (unpaired) electrons. The average molecular weight is 303 g/mol. The first-order valence-corrected chi connectivity index (χ1v) is 6.06. The molecule has 112 valence electrons. The third-order valence-electron chi connectivity index (χ3n) is 2.81. The fraction of sp³-hybridized carbons (Fsp3) is 0.0769. The first-order valence-electron chi connectivity index (χ1n) is 6.06. The quantitative estimate of drug-likeness (QED) is 0.694. The van der Waals surface area contributed by atoms with Crippen molar-refractivity contribution in [2.24, 2.45) is 0 Å². The van der Waals surface area contributed by atoms with Gasteiger partial charge in [-0.05, 0) is 12.1 Å². The van der Waals surface area contributed by atoms with Gasteiger partial charge in [0.1, 0.15) is 0 Å². The number of hydrogen-bond donors (Lipinski definition) is 2. The van der Waals surface area contributed by atoms with Crippen LogP contribution < -0.4 is 11.1 Å². The van der Waals surface area contributed by atoms with Gasteiger partial charge in [0, 0.05) is 17.8 Å². The lowest BCUT2D eigenvalue weighted by atomic mass is 10.2. The van der Waals surface area contributed by atoms with E-state index in [0.717, 1.165) is 6.07 Å². The number of methoxy groups -OCH3 is 1. The molecule has 0 fully saturated rings. The van der Waals surface area contributed by atoms with Crippen LogP contribution in [0.2, 0.25) is 0 Å². The molecule has 0 saturated carbocycles. The number of benzene rings is 1. The predicted octanol–water partition coefficient (Wildman–Crippen LogP) is 1.15. The number of anilines is 1. The van der Waals surface area contributed by atoms with Crippen LogP contribution in [0.25, 0.3) is 11.1 Å². The first kappa shape index (κ1) is 13.6. The predicted molar refractivity (Wildman–Crippen MR) is 72.6 cm³/mol. The molecular formula is C13H9N3O6. The molecule has 0 aliphatic rings. The minimum atomic E-state index is -0.734. The number of aromatic amines is 1. The second-order valence-electron chi connectivity index (χ2n) is 4.25. The molecule has 0 saturated heterocycles. The summed E-state index contributed by atoms with van der Waals surface area (Å²) in [7, 11) is 1.18. The van der Waals surface area contributed by atoms with Crippen LogP contribution in [-0.2, 0) is 4.74 Å². The van der Waals surface area contributed by atoms with Crippen LogP contribution >= 0.6 is 0 Å². The van der Waals surface area contributed by atoms with E-state index in [1.807, 2.05) is 0 Å². The van der Waals surface area contributed by atoms with E-state index in [1.54, 1.807) is 12.1 Å². The number of amides is 1. The van der Waals surface area contributed by atoms with E-state index in [1.165, 1.54) is 13.2 Å². The van der Waals surface area contributed by atoms with E-state index in [4.69, 9.17) is 8.94 Å². The van der Waals surface area contributed by atoms with Gasteiger partial charge in [-0.1, -0.05) is 5.16 Å². The molecular weight excluding hydrogens is 294 g/mol. The molecule has 9 heteroatoms. The molecule has 22 heavy (non-hydrogen) atoms. The monoisotopic (exact) mass is 303 g/mol. The Morgan fingerprint density at radius 2 is 2.14 bits per heavy atom. The van der Waals surface area contributed by atoms with Crippen molar-refractivity contribution in [1.29, 1.82) is 0 Å². The zero-order valence-corrected chi connectivity index (χ0v) is 11.2. The number of oxazole rings is 1. The van der Waals surface area contributed by atoms with Crippen molar-refractivity contribution in [2.75, 3.05) is 12.4 Å². The van der Waals surface area contributed by atoms with Crippen molar-refractivity contribution in [3.8, 4) is 0 Å². The Labute approximate surface area is 121 Å². The molecule has 3 aromatic rings. The summed E-state index contributed by atoms with van der Waals surface area (Å²) >= 11 is 0. The molecule has 2 heterocycles. The normalized spacial score (nSPS) is 10.6. The number of nitrogens with one attached hydrogen (secondary N) is 2. The summed E-state index contributed by atoms with van der Waals surface area (Å²) in [6.07, 6.45) is 0.